The minimum absolute atomic E-state index is 0.00799. The van der Waals surface area contributed by atoms with E-state index in [0.29, 0.717) is 37.0 Å². The van der Waals surface area contributed by atoms with Crippen molar-refractivity contribution in [3.05, 3.63) is 42.3 Å². The van der Waals surface area contributed by atoms with Crippen LogP contribution in [0.2, 0.25) is 0 Å². The van der Waals surface area contributed by atoms with Gasteiger partial charge in [-0.05, 0) is 38.8 Å². The lowest BCUT2D eigenvalue weighted by molar-refractivity contribution is -0.00910. The largest absolute Gasteiger partial charge is 0.379 e. The lowest BCUT2D eigenvalue weighted by Gasteiger charge is -2.41. The van der Waals surface area contributed by atoms with E-state index in [0.717, 1.165) is 50.0 Å². The number of hydrogen-bond donors (Lipinski definition) is 1. The van der Waals surface area contributed by atoms with Crippen LogP contribution in [-0.4, -0.2) is 82.4 Å². The number of ether oxygens (including phenoxy) is 1. The van der Waals surface area contributed by atoms with Crippen molar-refractivity contribution in [3.63, 3.8) is 0 Å². The van der Waals surface area contributed by atoms with Crippen LogP contribution in [0.15, 0.2) is 40.9 Å². The first kappa shape index (κ1) is 22.7. The topological polar surface area (TPSA) is 96.6 Å². The van der Waals surface area contributed by atoms with E-state index in [2.05, 4.69) is 39.2 Å². The highest BCUT2D eigenvalue weighted by atomic mass is 16.5. The van der Waals surface area contributed by atoms with Gasteiger partial charge < -0.3 is 19.5 Å². The second-order valence-electron chi connectivity index (χ2n) is 9.68. The molecule has 2 fully saturated rings. The number of para-hydroxylation sites is 1. The van der Waals surface area contributed by atoms with E-state index in [1.165, 1.54) is 0 Å². The summed E-state index contributed by atoms with van der Waals surface area (Å²) in [5, 5.41) is 8.38. The molecule has 2 amide bonds. The van der Waals surface area contributed by atoms with Crippen LogP contribution in [0.3, 0.4) is 0 Å². The van der Waals surface area contributed by atoms with Gasteiger partial charge in [0.25, 0.3) is 0 Å². The van der Waals surface area contributed by atoms with E-state index in [4.69, 9.17) is 9.26 Å². The maximum absolute atomic E-state index is 12.8. The average molecular weight is 465 g/mol. The third-order valence-corrected chi connectivity index (χ3v) is 6.94. The Labute approximate surface area is 199 Å². The number of nitrogens with zero attached hydrogens (tertiary/aromatic N) is 5. The molecule has 0 saturated carbocycles. The lowest BCUT2D eigenvalue weighted by atomic mass is 9.97. The predicted octanol–water partition coefficient (Wildman–Crippen LogP) is 3.28. The Kier molecular flexibility index (Phi) is 6.47. The lowest BCUT2D eigenvalue weighted by Crippen LogP contribution is -2.57. The van der Waals surface area contributed by atoms with Crippen molar-refractivity contribution >= 4 is 16.9 Å². The molecule has 0 atom stereocenters. The summed E-state index contributed by atoms with van der Waals surface area (Å²) >= 11 is 0. The summed E-state index contributed by atoms with van der Waals surface area (Å²) in [4.78, 5) is 26.3. The van der Waals surface area contributed by atoms with E-state index >= 15 is 0 Å². The standard InChI is InChI=1S/C25H32N6O3/c1-25(2,31-13-15-33-16-14-31)17-26-24(32)30-11-9-19(10-12-30)23-28-22(29-34-23)21-8-7-18-5-3-4-6-20(18)27-21/h3-8,19H,9-17H2,1-2H3,(H,26,32). The zero-order chi connectivity index (χ0) is 23.5. The summed E-state index contributed by atoms with van der Waals surface area (Å²) in [5.41, 5.74) is 1.50. The van der Waals surface area contributed by atoms with Crippen molar-refractivity contribution in [2.75, 3.05) is 45.9 Å². The monoisotopic (exact) mass is 464 g/mol. The quantitative estimate of drug-likeness (QED) is 0.619. The number of morpholine rings is 1. The molecule has 2 saturated heterocycles. The van der Waals surface area contributed by atoms with Gasteiger partial charge in [0.05, 0.1) is 18.7 Å². The third kappa shape index (κ3) is 4.90. The molecular formula is C25H32N6O3. The Hall–Kier alpha value is -3.04. The molecule has 3 aromatic rings. The Bertz CT molecular complexity index is 1130. The molecule has 9 heteroatoms. The first-order valence-electron chi connectivity index (χ1n) is 12.0. The zero-order valence-corrected chi connectivity index (χ0v) is 19.9. The third-order valence-electron chi connectivity index (χ3n) is 6.94. The molecule has 0 spiro atoms. The fourth-order valence-corrected chi connectivity index (χ4v) is 4.71. The van der Waals surface area contributed by atoms with Crippen LogP contribution in [0.1, 0.15) is 38.5 Å². The highest BCUT2D eigenvalue weighted by molar-refractivity contribution is 5.80. The summed E-state index contributed by atoms with van der Waals surface area (Å²) in [6.07, 6.45) is 1.60. The molecule has 4 heterocycles. The van der Waals surface area contributed by atoms with Gasteiger partial charge in [-0.1, -0.05) is 29.4 Å². The van der Waals surface area contributed by atoms with Crippen molar-refractivity contribution in [1.29, 1.82) is 0 Å². The fourth-order valence-electron chi connectivity index (χ4n) is 4.71. The molecule has 1 aromatic carbocycles. The molecule has 0 radical (unpaired) electrons. The number of pyridine rings is 1. The Balaban J connectivity index is 1.14. The molecule has 1 N–H and O–H groups in total. The number of fused-ring (bicyclic) bond motifs is 1. The van der Waals surface area contributed by atoms with Crippen molar-refractivity contribution < 1.29 is 14.1 Å². The smallest absolute Gasteiger partial charge is 0.317 e. The first-order chi connectivity index (χ1) is 16.5. The van der Waals surface area contributed by atoms with Crippen LogP contribution in [0, 0.1) is 0 Å². The maximum Gasteiger partial charge on any atom is 0.317 e. The van der Waals surface area contributed by atoms with Gasteiger partial charge in [0.1, 0.15) is 5.69 Å². The average Bonchev–Trinajstić information content (AvgIpc) is 3.38. The number of likely N-dealkylation sites (tertiary alicyclic amines) is 1. The summed E-state index contributed by atoms with van der Waals surface area (Å²) in [7, 11) is 0. The first-order valence-corrected chi connectivity index (χ1v) is 12.0. The minimum Gasteiger partial charge on any atom is -0.379 e. The number of rotatable bonds is 5. The maximum atomic E-state index is 12.8. The number of amides is 2. The van der Waals surface area contributed by atoms with Gasteiger partial charge in [-0.2, -0.15) is 4.98 Å². The van der Waals surface area contributed by atoms with Crippen LogP contribution in [0.4, 0.5) is 4.79 Å². The van der Waals surface area contributed by atoms with E-state index in [1.807, 2.05) is 41.3 Å². The number of aromatic nitrogens is 3. The number of piperidine rings is 1. The van der Waals surface area contributed by atoms with Crippen LogP contribution in [0.5, 0.6) is 0 Å². The normalized spacial score (nSPS) is 18.4. The van der Waals surface area contributed by atoms with Gasteiger partial charge in [-0.3, -0.25) is 4.90 Å². The molecule has 0 unspecified atom stereocenters. The van der Waals surface area contributed by atoms with Crippen molar-refractivity contribution in [3.8, 4) is 11.5 Å². The number of benzene rings is 1. The van der Waals surface area contributed by atoms with Gasteiger partial charge in [-0.25, -0.2) is 9.78 Å². The number of carbonyl (C=O) groups is 1. The van der Waals surface area contributed by atoms with Crippen molar-refractivity contribution in [2.24, 2.45) is 0 Å². The Morgan fingerprint density at radius 2 is 1.82 bits per heavy atom. The fraction of sp³-hybridized carbons (Fsp3) is 0.520. The summed E-state index contributed by atoms with van der Waals surface area (Å²) < 4.78 is 11.0. The number of urea groups is 1. The number of hydrogen-bond acceptors (Lipinski definition) is 7. The van der Waals surface area contributed by atoms with Crippen LogP contribution >= 0.6 is 0 Å². The molecule has 5 rings (SSSR count). The molecule has 2 aromatic heterocycles. The summed E-state index contributed by atoms with van der Waals surface area (Å²) in [6.45, 7) is 9.58. The second kappa shape index (κ2) is 9.68. The van der Waals surface area contributed by atoms with Gasteiger partial charge in [0, 0.05) is 49.6 Å². The van der Waals surface area contributed by atoms with E-state index in [-0.39, 0.29) is 17.5 Å². The highest BCUT2D eigenvalue weighted by Crippen LogP contribution is 2.29. The molecule has 180 valence electrons. The van der Waals surface area contributed by atoms with Crippen LogP contribution in [0.25, 0.3) is 22.4 Å². The molecule has 34 heavy (non-hydrogen) atoms. The van der Waals surface area contributed by atoms with E-state index in [9.17, 15) is 4.79 Å². The predicted molar refractivity (Wildman–Crippen MR) is 128 cm³/mol. The zero-order valence-electron chi connectivity index (χ0n) is 19.9. The van der Waals surface area contributed by atoms with E-state index < -0.39 is 0 Å². The van der Waals surface area contributed by atoms with Gasteiger partial charge in [0.15, 0.2) is 0 Å². The summed E-state index contributed by atoms with van der Waals surface area (Å²) in [5.74, 6) is 1.28. The molecule has 0 aliphatic carbocycles. The van der Waals surface area contributed by atoms with Crippen LogP contribution < -0.4 is 5.32 Å². The molecule has 2 aliphatic rings. The van der Waals surface area contributed by atoms with Crippen molar-refractivity contribution in [2.45, 2.75) is 38.1 Å². The molecular weight excluding hydrogens is 432 g/mol. The molecule has 0 bridgehead atoms. The Morgan fingerprint density at radius 3 is 2.62 bits per heavy atom. The van der Waals surface area contributed by atoms with E-state index in [1.54, 1.807) is 0 Å². The van der Waals surface area contributed by atoms with Gasteiger partial charge >= 0.3 is 6.03 Å². The van der Waals surface area contributed by atoms with Crippen molar-refractivity contribution in [1.82, 2.24) is 30.2 Å². The number of nitrogens with one attached hydrogen (secondary N) is 1. The summed E-state index contributed by atoms with van der Waals surface area (Å²) in [6, 6.07) is 11.9. The van der Waals surface area contributed by atoms with Gasteiger partial charge in [-0.15, -0.1) is 0 Å². The molecule has 9 nitrogen and oxygen atoms in total. The second-order valence-corrected chi connectivity index (χ2v) is 9.68. The minimum atomic E-state index is -0.102. The highest BCUT2D eigenvalue weighted by Gasteiger charge is 2.31. The SMILES string of the molecule is CC(C)(CNC(=O)N1CCC(c2nc(-c3ccc4ccccc4n3)no2)CC1)N1CCOCC1. The Morgan fingerprint density at radius 1 is 1.06 bits per heavy atom. The molecule has 2 aliphatic heterocycles. The van der Waals surface area contributed by atoms with Crippen LogP contribution in [-0.2, 0) is 4.74 Å². The number of carbonyl (C=O) groups excluding carboxylic acids is 1. The van der Waals surface area contributed by atoms with Gasteiger partial charge in [0.2, 0.25) is 11.7 Å².